The number of halogens is 4. The number of anilines is 1. The van der Waals surface area contributed by atoms with Gasteiger partial charge in [-0.15, -0.1) is 24.8 Å². The first kappa shape index (κ1) is 32.5. The maximum absolute atomic E-state index is 11.1. The van der Waals surface area contributed by atoms with Crippen LogP contribution in [0.1, 0.15) is 24.8 Å². The Hall–Kier alpha value is -2.40. The third kappa shape index (κ3) is 7.56. The van der Waals surface area contributed by atoms with Gasteiger partial charge in [0, 0.05) is 66.2 Å². The van der Waals surface area contributed by atoms with Crippen LogP contribution in [0, 0.1) is 11.8 Å². The number of ether oxygens (including phenoxy) is 1. The lowest BCUT2D eigenvalue weighted by Crippen LogP contribution is -2.52. The number of likely N-dealkylation sites (N-methyl/N-ethyl adjacent to an activating group) is 1. The molecule has 2 atom stereocenters. The highest BCUT2D eigenvalue weighted by atomic mass is 35.5. The van der Waals surface area contributed by atoms with Crippen LogP contribution >= 0.6 is 48.0 Å². The van der Waals surface area contributed by atoms with Crippen LogP contribution in [0.5, 0.6) is 11.6 Å². The van der Waals surface area contributed by atoms with Gasteiger partial charge in [-0.3, -0.25) is 9.69 Å². The van der Waals surface area contributed by atoms with Crippen LogP contribution in [0.4, 0.5) is 5.95 Å². The Balaban J connectivity index is 0.00000202. The van der Waals surface area contributed by atoms with Crippen LogP contribution < -0.4 is 9.64 Å². The molecule has 0 aliphatic carbocycles. The van der Waals surface area contributed by atoms with Gasteiger partial charge in [-0.25, -0.2) is 15.0 Å². The molecule has 13 heteroatoms. The summed E-state index contributed by atoms with van der Waals surface area (Å²) >= 11 is 12.6. The van der Waals surface area contributed by atoms with Crippen LogP contribution in [-0.2, 0) is 11.3 Å². The fourth-order valence-corrected chi connectivity index (χ4v) is 6.64. The monoisotopic (exact) mass is 654 g/mol. The van der Waals surface area contributed by atoms with Crippen LogP contribution in [0.3, 0.4) is 0 Å². The zero-order chi connectivity index (χ0) is 27.8. The fourth-order valence-electron chi connectivity index (χ4n) is 6.12. The van der Waals surface area contributed by atoms with Gasteiger partial charge in [0.2, 0.25) is 11.8 Å². The molecule has 3 aliphatic heterocycles. The van der Waals surface area contributed by atoms with Gasteiger partial charge in [-0.1, -0.05) is 23.2 Å². The van der Waals surface area contributed by atoms with Gasteiger partial charge in [0.1, 0.15) is 0 Å². The maximum atomic E-state index is 11.1. The van der Waals surface area contributed by atoms with Crippen molar-refractivity contribution in [2.24, 2.45) is 11.8 Å². The van der Waals surface area contributed by atoms with E-state index < -0.39 is 5.97 Å². The van der Waals surface area contributed by atoms with Gasteiger partial charge in [0.15, 0.2) is 5.75 Å². The van der Waals surface area contributed by atoms with E-state index in [1.807, 2.05) is 24.3 Å². The van der Waals surface area contributed by atoms with E-state index in [1.54, 1.807) is 18.5 Å². The first-order valence-electron chi connectivity index (χ1n) is 13.7. The third-order valence-corrected chi connectivity index (χ3v) is 8.65. The highest BCUT2D eigenvalue weighted by Crippen LogP contribution is 2.34. The van der Waals surface area contributed by atoms with Gasteiger partial charge < -0.3 is 19.6 Å². The van der Waals surface area contributed by atoms with Crippen molar-refractivity contribution in [3.05, 3.63) is 58.3 Å². The molecule has 5 heterocycles. The number of aromatic nitrogens is 3. The second kappa shape index (κ2) is 13.9. The van der Waals surface area contributed by atoms with Crippen LogP contribution in [0.25, 0.3) is 11.3 Å². The summed E-state index contributed by atoms with van der Waals surface area (Å²) in [4.78, 5) is 32.0. The van der Waals surface area contributed by atoms with Crippen LogP contribution in [0.2, 0.25) is 10.0 Å². The zero-order valence-electron chi connectivity index (χ0n) is 23.2. The second-order valence-corrected chi connectivity index (χ2v) is 12.0. The number of aliphatic carboxylic acids is 1. The Morgan fingerprint density at radius 1 is 1.00 bits per heavy atom. The van der Waals surface area contributed by atoms with Crippen molar-refractivity contribution in [1.82, 2.24) is 24.8 Å². The van der Waals surface area contributed by atoms with E-state index in [-0.39, 0.29) is 37.2 Å². The number of hydrogen-bond acceptors (Lipinski definition) is 8. The number of carboxylic acids is 1. The summed E-state index contributed by atoms with van der Waals surface area (Å²) in [6.07, 6.45) is 5.37. The normalized spacial score (nSPS) is 20.7. The lowest BCUT2D eigenvalue weighted by molar-refractivity contribution is -0.138. The van der Waals surface area contributed by atoms with Crippen LogP contribution in [0.15, 0.2) is 42.7 Å². The molecule has 9 nitrogen and oxygen atoms in total. The third-order valence-electron chi connectivity index (χ3n) is 8.21. The molecule has 3 aromatic rings. The van der Waals surface area contributed by atoms with E-state index >= 15 is 0 Å². The molecule has 1 N–H and O–H groups in total. The zero-order valence-corrected chi connectivity index (χ0v) is 26.3. The van der Waals surface area contributed by atoms with Crippen molar-refractivity contribution < 1.29 is 14.6 Å². The SMILES string of the molecule is CN1CC2CN(c3ncc(Oc4cc(CN5CCC(CC(=O)O)CC5)cc(-c5cc(Cl)cc(Cl)c5)n4)cn3)CC21.Cl.Cl. The number of benzene rings is 1. The molecule has 3 aliphatic rings. The quantitative estimate of drug-likeness (QED) is 0.317. The minimum atomic E-state index is -0.726. The standard InChI is InChI=1S/C29H32Cl2N6O3.2ClH/c1-35-15-21-16-37(17-26(21)35)29-32-12-24(13-33-29)40-27-7-19(14-36-4-2-18(3-5-36)8-28(38)39)6-25(34-27)20-9-22(30)11-23(31)10-20;;/h6-7,9-13,18,21,26H,2-5,8,14-17H2,1H3,(H,38,39);2*1H. The Morgan fingerprint density at radius 3 is 2.31 bits per heavy atom. The Kier molecular flexibility index (Phi) is 10.8. The second-order valence-electron chi connectivity index (χ2n) is 11.2. The largest absolute Gasteiger partial charge is 0.481 e. The topological polar surface area (TPSA) is 94.9 Å². The first-order chi connectivity index (χ1) is 19.3. The van der Waals surface area contributed by atoms with Gasteiger partial charge in [0.05, 0.1) is 18.1 Å². The molecule has 3 saturated heterocycles. The number of fused-ring (bicyclic) bond motifs is 1. The average Bonchev–Trinajstić information content (AvgIpc) is 3.26. The molecule has 3 fully saturated rings. The molecular weight excluding hydrogens is 622 g/mol. The number of hydrogen-bond donors (Lipinski definition) is 1. The number of rotatable bonds is 8. The molecule has 42 heavy (non-hydrogen) atoms. The molecule has 0 saturated carbocycles. The summed E-state index contributed by atoms with van der Waals surface area (Å²) in [5, 5.41) is 10.2. The summed E-state index contributed by atoms with van der Waals surface area (Å²) in [6, 6.07) is 9.90. The number of likely N-dealkylation sites (tertiary alicyclic amines) is 2. The average molecular weight is 656 g/mol. The smallest absolute Gasteiger partial charge is 0.303 e. The van der Waals surface area contributed by atoms with Gasteiger partial charge >= 0.3 is 5.97 Å². The van der Waals surface area contributed by atoms with Crippen LogP contribution in [-0.4, -0.2) is 81.6 Å². The lowest BCUT2D eigenvalue weighted by atomic mass is 9.93. The highest BCUT2D eigenvalue weighted by Gasteiger charge is 2.44. The summed E-state index contributed by atoms with van der Waals surface area (Å²) in [6.45, 7) is 5.45. The lowest BCUT2D eigenvalue weighted by Gasteiger charge is -2.40. The molecule has 6 rings (SSSR count). The van der Waals surface area contributed by atoms with E-state index in [2.05, 4.69) is 31.7 Å². The fraction of sp³-hybridized carbons (Fsp3) is 0.448. The predicted octanol–water partition coefficient (Wildman–Crippen LogP) is 5.92. The summed E-state index contributed by atoms with van der Waals surface area (Å²) < 4.78 is 6.17. The van der Waals surface area contributed by atoms with Crippen molar-refractivity contribution in [1.29, 1.82) is 0 Å². The van der Waals surface area contributed by atoms with Gasteiger partial charge in [0.25, 0.3) is 0 Å². The van der Waals surface area contributed by atoms with Crippen molar-refractivity contribution in [3.8, 4) is 22.9 Å². The number of nitrogens with zero attached hydrogens (tertiary/aromatic N) is 6. The van der Waals surface area contributed by atoms with E-state index in [1.165, 1.54) is 0 Å². The molecule has 0 spiro atoms. The Labute approximate surface area is 268 Å². The van der Waals surface area contributed by atoms with Gasteiger partial charge in [-0.2, -0.15) is 0 Å². The minimum absolute atomic E-state index is 0. The minimum Gasteiger partial charge on any atom is -0.481 e. The number of carbonyl (C=O) groups is 1. The number of carboxylic acid groups (broad SMARTS) is 1. The molecule has 0 amide bonds. The summed E-state index contributed by atoms with van der Waals surface area (Å²) in [5.74, 6) is 1.86. The van der Waals surface area contributed by atoms with Crippen molar-refractivity contribution in [2.45, 2.75) is 31.8 Å². The number of pyridine rings is 1. The van der Waals surface area contributed by atoms with Crippen molar-refractivity contribution in [2.75, 3.05) is 44.7 Å². The van der Waals surface area contributed by atoms with E-state index in [9.17, 15) is 4.79 Å². The van der Waals surface area contributed by atoms with E-state index in [4.69, 9.17) is 38.0 Å². The summed E-state index contributed by atoms with van der Waals surface area (Å²) in [5.41, 5.74) is 2.53. The molecule has 226 valence electrons. The Morgan fingerprint density at radius 2 is 1.69 bits per heavy atom. The van der Waals surface area contributed by atoms with Crippen molar-refractivity contribution in [3.63, 3.8) is 0 Å². The van der Waals surface area contributed by atoms with E-state index in [0.717, 1.165) is 62.6 Å². The molecule has 0 bridgehead atoms. The molecule has 0 radical (unpaired) electrons. The molecule has 1 aromatic carbocycles. The van der Waals surface area contributed by atoms with Gasteiger partial charge in [-0.05, 0) is 68.7 Å². The maximum Gasteiger partial charge on any atom is 0.303 e. The van der Waals surface area contributed by atoms with E-state index in [0.29, 0.717) is 45.9 Å². The highest BCUT2D eigenvalue weighted by molar-refractivity contribution is 6.35. The first-order valence-corrected chi connectivity index (χ1v) is 14.4. The number of piperidine rings is 1. The van der Waals surface area contributed by atoms with Crippen molar-refractivity contribution >= 4 is 59.9 Å². The molecule has 2 unspecified atom stereocenters. The molecule has 2 aromatic heterocycles. The predicted molar refractivity (Wildman–Crippen MR) is 169 cm³/mol. The summed E-state index contributed by atoms with van der Waals surface area (Å²) in [7, 11) is 2.16. The Bertz CT molecular complexity index is 1370. The molecular formula is C29H34Cl4N6O3.